The summed E-state index contributed by atoms with van der Waals surface area (Å²) in [5.41, 5.74) is 0.486. The third-order valence-corrected chi connectivity index (χ3v) is 4.63. The molecule has 4 nitrogen and oxygen atoms in total. The van der Waals surface area contributed by atoms with Crippen LogP contribution in [0.1, 0.15) is 5.56 Å². The Morgan fingerprint density at radius 1 is 1.08 bits per heavy atom. The summed E-state index contributed by atoms with van der Waals surface area (Å²) in [6.07, 6.45) is 0. The van der Waals surface area contributed by atoms with Crippen molar-refractivity contribution in [3.05, 3.63) is 53.6 Å². The first-order valence-electron chi connectivity index (χ1n) is 7.46. The van der Waals surface area contributed by atoms with Crippen molar-refractivity contribution < 1.29 is 13.5 Å². The predicted molar refractivity (Wildman–Crippen MR) is 87.9 cm³/mol. The normalized spacial score (nSPS) is 15.0. The van der Waals surface area contributed by atoms with Gasteiger partial charge in [0.05, 0.1) is 16.5 Å². The van der Waals surface area contributed by atoms with Gasteiger partial charge in [-0.25, -0.2) is 13.1 Å². The lowest BCUT2D eigenvalue weighted by molar-refractivity contribution is 0.393. The summed E-state index contributed by atoms with van der Waals surface area (Å²) in [4.78, 5) is 0.694. The second-order valence-electron chi connectivity index (χ2n) is 5.22. The largest absolute Gasteiger partial charge is 0.453 e. The molecule has 0 bridgehead atoms. The zero-order chi connectivity index (χ0) is 16.9. The molecule has 1 saturated heterocycles. The molecule has 0 amide bonds. The van der Waals surface area contributed by atoms with Gasteiger partial charge >= 0.3 is 0 Å². The summed E-state index contributed by atoms with van der Waals surface area (Å²) >= 11 is 1.45. The molecule has 1 aliphatic rings. The Morgan fingerprint density at radius 2 is 1.88 bits per heavy atom. The molecule has 1 N–H and O–H groups in total. The van der Waals surface area contributed by atoms with Crippen LogP contribution >= 0.6 is 11.9 Å². The van der Waals surface area contributed by atoms with Crippen LogP contribution in [0.3, 0.4) is 0 Å². The number of ether oxygens (including phenoxy) is 1. The molecule has 2 aromatic carbocycles. The molecule has 1 heterocycles. The zero-order valence-electron chi connectivity index (χ0n) is 12.8. The SMILES string of the molecule is N#Cc1ccc(Oc2cc(F)ccc2F)c(SN2CCNCC2)c1. The van der Waals surface area contributed by atoms with E-state index in [0.717, 1.165) is 44.4 Å². The minimum atomic E-state index is -0.640. The summed E-state index contributed by atoms with van der Waals surface area (Å²) in [5, 5.41) is 12.4. The molecule has 0 radical (unpaired) electrons. The predicted octanol–water partition coefficient (Wildman–Crippen LogP) is 3.54. The highest BCUT2D eigenvalue weighted by molar-refractivity contribution is 7.97. The Labute approximate surface area is 143 Å². The summed E-state index contributed by atoms with van der Waals surface area (Å²) in [5.74, 6) is -1.00. The van der Waals surface area contributed by atoms with Gasteiger partial charge in [0.1, 0.15) is 11.6 Å². The number of nitrogens with zero attached hydrogens (tertiary/aromatic N) is 2. The lowest BCUT2D eigenvalue weighted by atomic mass is 10.2. The van der Waals surface area contributed by atoms with Gasteiger partial charge in [0.2, 0.25) is 0 Å². The molecule has 0 saturated carbocycles. The minimum Gasteiger partial charge on any atom is -0.453 e. The first kappa shape index (κ1) is 16.7. The van der Waals surface area contributed by atoms with Crippen LogP contribution in [0.5, 0.6) is 11.5 Å². The first-order valence-corrected chi connectivity index (χ1v) is 8.24. The van der Waals surface area contributed by atoms with Gasteiger partial charge in [0, 0.05) is 32.2 Å². The third kappa shape index (κ3) is 4.03. The van der Waals surface area contributed by atoms with Gasteiger partial charge in [-0.2, -0.15) is 5.26 Å². The van der Waals surface area contributed by atoms with Crippen molar-refractivity contribution in [2.75, 3.05) is 26.2 Å². The van der Waals surface area contributed by atoms with E-state index in [0.29, 0.717) is 16.2 Å². The monoisotopic (exact) mass is 347 g/mol. The summed E-state index contributed by atoms with van der Waals surface area (Å²) < 4.78 is 34.9. The average molecular weight is 347 g/mol. The van der Waals surface area contributed by atoms with E-state index in [2.05, 4.69) is 15.7 Å². The Hall–Kier alpha value is -2.14. The van der Waals surface area contributed by atoms with Crippen molar-refractivity contribution in [2.45, 2.75) is 4.90 Å². The summed E-state index contributed by atoms with van der Waals surface area (Å²) in [6, 6.07) is 10.0. The van der Waals surface area contributed by atoms with Gasteiger partial charge in [-0.1, -0.05) is 0 Å². The highest BCUT2D eigenvalue weighted by Crippen LogP contribution is 2.36. The minimum absolute atomic E-state index is 0.179. The highest BCUT2D eigenvalue weighted by atomic mass is 32.2. The van der Waals surface area contributed by atoms with Crippen molar-refractivity contribution in [1.29, 1.82) is 5.26 Å². The molecular formula is C17H15F2N3OS. The van der Waals surface area contributed by atoms with E-state index in [4.69, 9.17) is 10.00 Å². The maximum absolute atomic E-state index is 13.8. The van der Waals surface area contributed by atoms with Gasteiger partial charge in [0.25, 0.3) is 0 Å². The number of hydrogen-bond acceptors (Lipinski definition) is 5. The first-order chi connectivity index (χ1) is 11.7. The van der Waals surface area contributed by atoms with E-state index < -0.39 is 11.6 Å². The van der Waals surface area contributed by atoms with E-state index in [-0.39, 0.29) is 5.75 Å². The zero-order valence-corrected chi connectivity index (χ0v) is 13.6. The molecule has 0 aromatic heterocycles. The molecule has 0 spiro atoms. The maximum Gasteiger partial charge on any atom is 0.166 e. The quantitative estimate of drug-likeness (QED) is 0.858. The summed E-state index contributed by atoms with van der Waals surface area (Å²) in [6.45, 7) is 3.43. The van der Waals surface area contributed by atoms with Gasteiger partial charge in [-0.05, 0) is 42.3 Å². The Morgan fingerprint density at radius 3 is 2.62 bits per heavy atom. The van der Waals surface area contributed by atoms with Crippen molar-refractivity contribution in [3.63, 3.8) is 0 Å². The molecule has 24 heavy (non-hydrogen) atoms. The van der Waals surface area contributed by atoms with Crippen LogP contribution in [0.25, 0.3) is 0 Å². The fraction of sp³-hybridized carbons (Fsp3) is 0.235. The van der Waals surface area contributed by atoms with Gasteiger partial charge in [-0.3, -0.25) is 0 Å². The second-order valence-corrected chi connectivity index (χ2v) is 6.36. The summed E-state index contributed by atoms with van der Waals surface area (Å²) in [7, 11) is 0. The second kappa shape index (κ2) is 7.62. The molecular weight excluding hydrogens is 332 g/mol. The van der Waals surface area contributed by atoms with Crippen molar-refractivity contribution in [1.82, 2.24) is 9.62 Å². The molecule has 124 valence electrons. The lowest BCUT2D eigenvalue weighted by Crippen LogP contribution is -2.39. The lowest BCUT2D eigenvalue weighted by Gasteiger charge is -2.26. The maximum atomic E-state index is 13.8. The number of nitriles is 1. The smallest absolute Gasteiger partial charge is 0.166 e. The number of piperazine rings is 1. The standard InChI is InChI=1S/C17H15F2N3OS/c18-13-2-3-14(19)16(10-13)23-15-4-1-12(11-20)9-17(15)24-22-7-5-21-6-8-22/h1-4,9-10,21H,5-8H2. The van der Waals surface area contributed by atoms with Crippen molar-refractivity contribution in [3.8, 4) is 17.6 Å². The number of benzene rings is 2. The van der Waals surface area contributed by atoms with Crippen LogP contribution in [0.2, 0.25) is 0 Å². The Balaban J connectivity index is 1.88. The van der Waals surface area contributed by atoms with E-state index in [1.165, 1.54) is 11.9 Å². The molecule has 3 rings (SSSR count). The topological polar surface area (TPSA) is 48.3 Å². The molecule has 0 atom stereocenters. The van der Waals surface area contributed by atoms with E-state index >= 15 is 0 Å². The third-order valence-electron chi connectivity index (χ3n) is 3.49. The fourth-order valence-corrected chi connectivity index (χ4v) is 3.30. The average Bonchev–Trinajstić information content (AvgIpc) is 2.60. The fourth-order valence-electron chi connectivity index (χ4n) is 2.28. The number of rotatable bonds is 4. The number of hydrogen-bond donors (Lipinski definition) is 1. The van der Waals surface area contributed by atoms with E-state index in [1.54, 1.807) is 18.2 Å². The van der Waals surface area contributed by atoms with Crippen LogP contribution in [-0.2, 0) is 0 Å². The highest BCUT2D eigenvalue weighted by Gasteiger charge is 2.16. The van der Waals surface area contributed by atoms with Crippen LogP contribution < -0.4 is 10.1 Å². The van der Waals surface area contributed by atoms with Crippen LogP contribution in [0.15, 0.2) is 41.3 Å². The van der Waals surface area contributed by atoms with Gasteiger partial charge < -0.3 is 10.1 Å². The van der Waals surface area contributed by atoms with Crippen molar-refractivity contribution >= 4 is 11.9 Å². The molecule has 0 aliphatic carbocycles. The van der Waals surface area contributed by atoms with Crippen LogP contribution in [-0.4, -0.2) is 30.5 Å². The molecule has 1 aliphatic heterocycles. The van der Waals surface area contributed by atoms with E-state index in [9.17, 15) is 8.78 Å². The molecule has 1 fully saturated rings. The number of nitrogens with one attached hydrogen (secondary N) is 1. The Bertz CT molecular complexity index is 773. The molecule has 2 aromatic rings. The number of halogens is 2. The van der Waals surface area contributed by atoms with Crippen LogP contribution in [0.4, 0.5) is 8.78 Å². The van der Waals surface area contributed by atoms with Gasteiger partial charge in [-0.15, -0.1) is 0 Å². The van der Waals surface area contributed by atoms with Crippen LogP contribution in [0, 0.1) is 23.0 Å². The molecule has 7 heteroatoms. The van der Waals surface area contributed by atoms with Gasteiger partial charge in [0.15, 0.2) is 11.6 Å². The molecule has 0 unspecified atom stereocenters. The Kier molecular flexibility index (Phi) is 5.30. The van der Waals surface area contributed by atoms with E-state index in [1.807, 2.05) is 0 Å². The van der Waals surface area contributed by atoms with Crippen molar-refractivity contribution in [2.24, 2.45) is 0 Å².